The SMILES string of the molecule is Cc1ccc(C)n1N(CC(=O)c1ccc(Br)cc1)C(=O)c1ccc([N+](=O)[O-])cc1. The van der Waals surface area contributed by atoms with E-state index in [2.05, 4.69) is 15.9 Å². The van der Waals surface area contributed by atoms with Crippen molar-refractivity contribution in [2.24, 2.45) is 0 Å². The van der Waals surface area contributed by atoms with Gasteiger partial charge >= 0.3 is 0 Å². The van der Waals surface area contributed by atoms with E-state index in [9.17, 15) is 19.7 Å². The summed E-state index contributed by atoms with van der Waals surface area (Å²) in [5, 5.41) is 12.2. The molecule has 0 unspecified atom stereocenters. The van der Waals surface area contributed by atoms with Gasteiger partial charge in [0.15, 0.2) is 5.78 Å². The molecule has 0 spiro atoms. The van der Waals surface area contributed by atoms with E-state index in [1.165, 1.54) is 29.3 Å². The second kappa shape index (κ2) is 8.40. The Kier molecular flexibility index (Phi) is 5.93. The number of hydrogen-bond acceptors (Lipinski definition) is 4. The van der Waals surface area contributed by atoms with Gasteiger partial charge in [-0.1, -0.05) is 28.1 Å². The predicted molar refractivity (Wildman–Crippen MR) is 113 cm³/mol. The lowest BCUT2D eigenvalue weighted by molar-refractivity contribution is -0.384. The topological polar surface area (TPSA) is 85.5 Å². The molecule has 0 saturated carbocycles. The molecule has 0 aliphatic heterocycles. The molecule has 1 heterocycles. The zero-order chi connectivity index (χ0) is 21.1. The van der Waals surface area contributed by atoms with E-state index in [4.69, 9.17) is 0 Å². The maximum atomic E-state index is 13.2. The van der Waals surface area contributed by atoms with Crippen LogP contribution in [0.1, 0.15) is 32.1 Å². The number of non-ortho nitro benzene ring substituents is 1. The van der Waals surface area contributed by atoms with Crippen LogP contribution in [-0.2, 0) is 0 Å². The second-order valence-corrected chi connectivity index (χ2v) is 7.44. The molecule has 0 saturated heterocycles. The monoisotopic (exact) mass is 455 g/mol. The van der Waals surface area contributed by atoms with Crippen molar-refractivity contribution < 1.29 is 14.5 Å². The van der Waals surface area contributed by atoms with Gasteiger partial charge in [0.1, 0.15) is 6.54 Å². The number of nitrogens with zero attached hydrogens (tertiary/aromatic N) is 3. The Morgan fingerprint density at radius 2 is 1.45 bits per heavy atom. The highest BCUT2D eigenvalue weighted by molar-refractivity contribution is 9.10. The van der Waals surface area contributed by atoms with E-state index in [1.807, 2.05) is 26.0 Å². The van der Waals surface area contributed by atoms with E-state index < -0.39 is 10.8 Å². The largest absolute Gasteiger partial charge is 0.292 e. The molecule has 3 rings (SSSR count). The first-order valence-electron chi connectivity index (χ1n) is 8.78. The van der Waals surface area contributed by atoms with Gasteiger partial charge in [-0.25, -0.2) is 5.01 Å². The van der Waals surface area contributed by atoms with Gasteiger partial charge < -0.3 is 0 Å². The van der Waals surface area contributed by atoms with E-state index >= 15 is 0 Å². The van der Waals surface area contributed by atoms with Crippen LogP contribution >= 0.6 is 15.9 Å². The summed E-state index contributed by atoms with van der Waals surface area (Å²) in [6.45, 7) is 3.51. The van der Waals surface area contributed by atoms with E-state index in [0.29, 0.717) is 5.56 Å². The fraction of sp³-hybridized carbons (Fsp3) is 0.143. The first-order valence-corrected chi connectivity index (χ1v) is 9.57. The van der Waals surface area contributed by atoms with Crippen LogP contribution in [0.25, 0.3) is 0 Å². The molecule has 0 bridgehead atoms. The van der Waals surface area contributed by atoms with Gasteiger partial charge in [-0.2, -0.15) is 0 Å². The molecule has 29 heavy (non-hydrogen) atoms. The number of nitro groups is 1. The number of amides is 1. The zero-order valence-corrected chi connectivity index (χ0v) is 17.4. The lowest BCUT2D eigenvalue weighted by Crippen LogP contribution is -2.45. The Labute approximate surface area is 175 Å². The Hall–Kier alpha value is -3.26. The highest BCUT2D eigenvalue weighted by Gasteiger charge is 2.24. The van der Waals surface area contributed by atoms with Gasteiger partial charge in [0.2, 0.25) is 0 Å². The second-order valence-electron chi connectivity index (χ2n) is 6.52. The molecule has 0 atom stereocenters. The number of Topliss-reactive ketones (excluding diaryl/α,β-unsaturated/α-hetero) is 1. The molecule has 0 radical (unpaired) electrons. The molecular weight excluding hydrogens is 438 g/mol. The summed E-state index contributed by atoms with van der Waals surface area (Å²) in [5.74, 6) is -0.645. The Morgan fingerprint density at radius 1 is 0.931 bits per heavy atom. The molecule has 0 fully saturated rings. The lowest BCUT2D eigenvalue weighted by atomic mass is 10.1. The number of aromatic nitrogens is 1. The minimum absolute atomic E-state index is 0.104. The van der Waals surface area contributed by atoms with Gasteiger partial charge in [0.25, 0.3) is 11.6 Å². The van der Waals surface area contributed by atoms with Crippen molar-refractivity contribution in [2.45, 2.75) is 13.8 Å². The van der Waals surface area contributed by atoms with Gasteiger partial charge in [0, 0.05) is 39.1 Å². The molecule has 2 aromatic carbocycles. The number of ketones is 1. The van der Waals surface area contributed by atoms with E-state index in [0.717, 1.165) is 15.9 Å². The summed E-state index contributed by atoms with van der Waals surface area (Å²) in [7, 11) is 0. The minimum atomic E-state index is -0.524. The van der Waals surface area contributed by atoms with E-state index in [-0.39, 0.29) is 23.6 Å². The standard InChI is InChI=1S/C21H18BrN3O4/c1-14-3-4-15(2)24(14)23(13-20(26)16-5-9-18(22)10-6-16)21(27)17-7-11-19(12-8-17)25(28)29/h3-12H,13H2,1-2H3. The normalized spacial score (nSPS) is 10.6. The predicted octanol–water partition coefficient (Wildman–Crippen LogP) is 4.44. The maximum Gasteiger partial charge on any atom is 0.273 e. The van der Waals surface area contributed by atoms with Gasteiger partial charge in [-0.15, -0.1) is 0 Å². The molecule has 0 aliphatic carbocycles. The van der Waals surface area contributed by atoms with Crippen molar-refractivity contribution in [3.05, 3.63) is 97.8 Å². The molecule has 3 aromatic rings. The smallest absolute Gasteiger partial charge is 0.273 e. The van der Waals surface area contributed by atoms with Crippen molar-refractivity contribution in [2.75, 3.05) is 11.6 Å². The first-order chi connectivity index (χ1) is 13.8. The average Bonchev–Trinajstić information content (AvgIpc) is 3.04. The molecule has 7 nitrogen and oxygen atoms in total. The maximum absolute atomic E-state index is 13.2. The number of halogens is 1. The van der Waals surface area contributed by atoms with Crippen LogP contribution in [-0.4, -0.2) is 27.8 Å². The van der Waals surface area contributed by atoms with Gasteiger partial charge in [-0.3, -0.25) is 24.4 Å². The molecular formula is C21H18BrN3O4. The van der Waals surface area contributed by atoms with Crippen molar-refractivity contribution in [1.29, 1.82) is 0 Å². The Morgan fingerprint density at radius 3 is 1.97 bits per heavy atom. The van der Waals surface area contributed by atoms with Crippen LogP contribution in [0.3, 0.4) is 0 Å². The van der Waals surface area contributed by atoms with Crippen molar-refractivity contribution >= 4 is 33.3 Å². The number of benzene rings is 2. The lowest BCUT2D eigenvalue weighted by Gasteiger charge is -2.26. The van der Waals surface area contributed by atoms with Crippen LogP contribution in [0.2, 0.25) is 0 Å². The van der Waals surface area contributed by atoms with Gasteiger partial charge in [-0.05, 0) is 50.2 Å². The number of hydrogen-bond donors (Lipinski definition) is 0. The van der Waals surface area contributed by atoms with E-state index in [1.54, 1.807) is 28.9 Å². The van der Waals surface area contributed by atoms with Gasteiger partial charge in [0.05, 0.1) is 4.92 Å². The zero-order valence-electron chi connectivity index (χ0n) is 15.8. The minimum Gasteiger partial charge on any atom is -0.292 e. The van der Waals surface area contributed by atoms with Crippen LogP contribution in [0.15, 0.2) is 65.1 Å². The number of nitro benzene ring substituents is 1. The third-order valence-electron chi connectivity index (χ3n) is 4.49. The van der Waals surface area contributed by atoms with Crippen molar-refractivity contribution in [3.63, 3.8) is 0 Å². The average molecular weight is 456 g/mol. The number of aryl methyl sites for hydroxylation is 2. The number of rotatable bonds is 6. The number of carbonyl (C=O) groups is 2. The third kappa shape index (κ3) is 4.43. The summed E-state index contributed by atoms with van der Waals surface area (Å²) in [6.07, 6.45) is 0. The first kappa shape index (κ1) is 20.5. The van der Waals surface area contributed by atoms with Crippen molar-refractivity contribution in [1.82, 2.24) is 4.68 Å². The summed E-state index contributed by atoms with van der Waals surface area (Å²) in [5.41, 5.74) is 2.22. The summed E-state index contributed by atoms with van der Waals surface area (Å²) >= 11 is 3.34. The fourth-order valence-corrected chi connectivity index (χ4v) is 3.28. The van der Waals surface area contributed by atoms with Crippen LogP contribution in [0, 0.1) is 24.0 Å². The third-order valence-corrected chi connectivity index (χ3v) is 5.02. The molecule has 1 amide bonds. The summed E-state index contributed by atoms with van der Waals surface area (Å²) in [4.78, 5) is 36.4. The molecule has 1 aromatic heterocycles. The molecule has 8 heteroatoms. The molecule has 0 N–H and O–H groups in total. The highest BCUT2D eigenvalue weighted by Crippen LogP contribution is 2.17. The fourth-order valence-electron chi connectivity index (χ4n) is 3.01. The number of carbonyl (C=O) groups excluding carboxylic acids is 2. The van der Waals surface area contributed by atoms with Crippen LogP contribution < -0.4 is 5.01 Å². The Bertz CT molecular complexity index is 1050. The molecule has 148 valence electrons. The van der Waals surface area contributed by atoms with Crippen molar-refractivity contribution in [3.8, 4) is 0 Å². The quantitative estimate of drug-likeness (QED) is 0.312. The highest BCUT2D eigenvalue weighted by atomic mass is 79.9. The molecule has 0 aliphatic rings. The van der Waals surface area contributed by atoms with Crippen LogP contribution in [0.5, 0.6) is 0 Å². The Balaban J connectivity index is 1.97. The van der Waals surface area contributed by atoms with Crippen LogP contribution in [0.4, 0.5) is 5.69 Å². The summed E-state index contributed by atoms with van der Waals surface area (Å²) < 4.78 is 2.53. The summed E-state index contributed by atoms with van der Waals surface area (Å²) in [6, 6.07) is 16.0.